The fourth-order valence-electron chi connectivity index (χ4n) is 22.1. The van der Waals surface area contributed by atoms with Gasteiger partial charge < -0.3 is 154 Å². The molecule has 0 aliphatic carbocycles. The van der Waals surface area contributed by atoms with E-state index in [2.05, 4.69) is 445 Å². The molecule has 149 heavy (non-hydrogen) atoms. The summed E-state index contributed by atoms with van der Waals surface area (Å²) >= 11 is 0. The van der Waals surface area contributed by atoms with Gasteiger partial charge in [0.15, 0.2) is 8.32 Å². The van der Waals surface area contributed by atoms with Gasteiger partial charge in [0.2, 0.25) is 0 Å². The van der Waals surface area contributed by atoms with Crippen LogP contribution in [0.25, 0.3) is 0 Å². The minimum Gasteiger partial charge on any atom is -0.436 e. The average molecular weight is 2740 g/mol. The summed E-state index contributed by atoms with van der Waals surface area (Å²) in [5, 5.41) is 0. The highest BCUT2D eigenvalue weighted by Gasteiger charge is 2.62. The van der Waals surface area contributed by atoms with E-state index in [9.17, 15) is 0 Å². The van der Waals surface area contributed by atoms with Crippen molar-refractivity contribution in [2.24, 2.45) is 0 Å². The molecule has 0 N–H and O–H groups in total. The Hall–Kier alpha value is 6.33. The van der Waals surface area contributed by atoms with Gasteiger partial charge in [0.05, 0.1) is 8.80 Å². The molecule has 0 atom stereocenters. The van der Waals surface area contributed by atoms with Crippen LogP contribution in [0, 0.1) is 0 Å². The Labute approximate surface area is 949 Å². The van der Waals surface area contributed by atoms with Crippen molar-refractivity contribution in [1.29, 1.82) is 0 Å². The highest BCUT2D eigenvalue weighted by Crippen LogP contribution is 2.43. The lowest BCUT2D eigenvalue weighted by Crippen LogP contribution is -2.66. The van der Waals surface area contributed by atoms with Crippen molar-refractivity contribution in [2.75, 3.05) is 27.6 Å². The number of hydrogen-bond acceptors (Lipinski definition) is 37. The van der Waals surface area contributed by atoms with Gasteiger partial charge in [-0.2, -0.15) is 0 Å². The highest BCUT2D eigenvalue weighted by atomic mass is 28.6. The summed E-state index contributed by atoms with van der Waals surface area (Å²) in [6, 6.07) is 2.74. The second-order valence-electron chi connectivity index (χ2n) is 54.6. The van der Waals surface area contributed by atoms with Crippen LogP contribution in [0.5, 0.6) is 0 Å². The van der Waals surface area contributed by atoms with E-state index in [4.69, 9.17) is 154 Å². The summed E-state index contributed by atoms with van der Waals surface area (Å²) in [4.78, 5) is 0. The second-order valence-corrected chi connectivity index (χ2v) is 184. The van der Waals surface area contributed by atoms with E-state index in [1.54, 1.807) is 21.3 Å². The van der Waals surface area contributed by atoms with Crippen LogP contribution in [-0.2, 0) is 154 Å². The van der Waals surface area contributed by atoms with Gasteiger partial charge in [-0.3, -0.25) is 0 Å². The Morgan fingerprint density at radius 1 is 0.161 bits per heavy atom. The van der Waals surface area contributed by atoms with Crippen LogP contribution in [0.15, 0.2) is 0 Å². The lowest BCUT2D eigenvalue weighted by molar-refractivity contribution is 0.124. The molecule has 0 spiro atoms. The van der Waals surface area contributed by atoms with Crippen LogP contribution in [-0.4, -0.2) is 336 Å². The molecule has 893 valence electrons. The predicted molar refractivity (Wildman–Crippen MR) is 688 cm³/mol. The molecule has 1 saturated heterocycles. The molecule has 0 aromatic rings. The van der Waals surface area contributed by atoms with Crippen molar-refractivity contribution in [3.63, 3.8) is 0 Å². The summed E-state index contributed by atoms with van der Waals surface area (Å²) in [6.45, 7) is 141. The van der Waals surface area contributed by atoms with E-state index in [-0.39, 0.29) is 0 Å². The van der Waals surface area contributed by atoms with Gasteiger partial charge in [-0.15, -0.1) is 0 Å². The van der Waals surface area contributed by atoms with E-state index in [1.165, 1.54) is 0 Å². The fraction of sp³-hybridized carbons (Fsp3) is 1.00. The van der Waals surface area contributed by atoms with E-state index in [1.807, 2.05) is 0 Å². The number of rotatable bonds is 70. The molecule has 0 amide bonds. The Kier molecular flexibility index (Phi) is 54.7. The maximum atomic E-state index is 7.18. The Bertz CT molecular complexity index is 3990. The van der Waals surface area contributed by atoms with Crippen molar-refractivity contribution >= 4 is 308 Å². The zero-order valence-corrected chi connectivity index (χ0v) is 144. The first kappa shape index (κ1) is 153. The Morgan fingerprint density at radius 3 is 0.383 bits per heavy atom. The quantitative estimate of drug-likeness (QED) is 0.0510. The van der Waals surface area contributed by atoms with Gasteiger partial charge in [0.1, 0.15) is 0 Å². The second kappa shape index (κ2) is 53.1. The molecule has 0 saturated carbocycles. The zero-order valence-electron chi connectivity index (χ0n) is 108. The Morgan fingerprint density at radius 2 is 0.268 bits per heavy atom. The standard InChI is InChI=1S/C76H223O37Si36/c1-77-149(78-2,79-3)75-74-148(71)112-145(66,67)110-147(70,111-146(68,69)113-148)73-72-115(6,7)81-117(10,11)83-119(14,15)85-121(18,19)87-123(22,23)89-125(26,27)91-127(30,31)93-129(34,35)95-131(38,39)97-133(42,43)99-135(46,47)101-137(50,51)103-139(54,55)105-141(58,59)107-143(62,63)109-144(64,65)108-142(60,61)106-140(56,57)104-138(52,53)102-136(48,49)100-134(44,45)98-132(40,41)96-130(36,37)94-128(32,33)92-126(28,29)90-124(24,25)88-122(20,21)86-120(16,17)84-118(12,13)82-116(8,9)80-76-114(4)5/h72-76H2,1-71H3. The lowest BCUT2D eigenvalue weighted by atomic mass is 10.9. The molecule has 0 aromatic carbocycles. The third kappa shape index (κ3) is 65.8. The van der Waals surface area contributed by atoms with Gasteiger partial charge in [0.25, 0.3) is 0 Å². The number of hydrogen-bond donors (Lipinski definition) is 0. The van der Waals surface area contributed by atoms with Crippen LogP contribution in [0.2, 0.25) is 469 Å². The summed E-state index contributed by atoms with van der Waals surface area (Å²) in [5.41, 5.74) is 0. The molecule has 0 unspecified atom stereocenters. The minimum absolute atomic E-state index is 0.553. The minimum atomic E-state index is -2.97. The summed E-state index contributed by atoms with van der Waals surface area (Å²) in [5.74, 6) is 0. The third-order valence-electron chi connectivity index (χ3n) is 19.8. The van der Waals surface area contributed by atoms with E-state index in [0.29, 0.717) is 12.1 Å². The van der Waals surface area contributed by atoms with Gasteiger partial charge >= 0.3 is 291 Å². The van der Waals surface area contributed by atoms with Crippen molar-refractivity contribution in [1.82, 2.24) is 0 Å². The monoisotopic (exact) mass is 2740 g/mol. The third-order valence-corrected chi connectivity index (χ3v) is 158. The molecule has 37 nitrogen and oxygen atoms in total. The van der Waals surface area contributed by atoms with Crippen molar-refractivity contribution in [3.8, 4) is 0 Å². The van der Waals surface area contributed by atoms with Crippen molar-refractivity contribution < 1.29 is 154 Å². The van der Waals surface area contributed by atoms with Crippen LogP contribution in [0.3, 0.4) is 0 Å². The van der Waals surface area contributed by atoms with Crippen LogP contribution >= 0.6 is 0 Å². The zero-order chi connectivity index (χ0) is 119. The maximum absolute atomic E-state index is 7.18. The van der Waals surface area contributed by atoms with E-state index >= 15 is 0 Å². The molecule has 1 rings (SSSR count). The molecule has 1 fully saturated rings. The SMILES string of the molecule is CO[Si](CC[Si]1(C)O[Si](C)(C)O[Si](C)(CC[Si](C)(C)O[Si](C)(C)O[Si](C)(C)O[Si](C)(C)O[Si](C)(C)O[Si](C)(C)O[Si](C)(C)O[Si](C)(C)O[Si](C)(C)O[Si](C)(C)O[Si](C)(C)O[Si](C)(C)O[Si](C)(C)O[Si](C)(C)O[Si](C)(C)O[Si](C)(C)O[Si](C)(C)O[Si](C)(C)O[Si](C)(C)O[Si](C)(C)O[Si](C)(C)O[Si](C)(C)O[Si](C)(C)O[Si](C)(C)O[Si](C)(C)O[Si](C)(C)O[Si](C)(C)O[Si](C)(C)O[Si](C)(C)O[Si](C)(C)OC[Si](C)C)O[Si](C)(C)O1)(OC)OC. The van der Waals surface area contributed by atoms with Crippen LogP contribution in [0.1, 0.15) is 0 Å². The summed E-state index contributed by atoms with van der Waals surface area (Å²) in [7, 11) is -95.9. The van der Waals surface area contributed by atoms with Gasteiger partial charge in [-0.25, -0.2) is 0 Å². The highest BCUT2D eigenvalue weighted by molar-refractivity contribution is 7.01. The Balaban J connectivity index is 3.06. The smallest absolute Gasteiger partial charge is 0.436 e. The normalized spacial score (nSPS) is 19.2. The van der Waals surface area contributed by atoms with Gasteiger partial charge in [0, 0.05) is 33.6 Å². The lowest BCUT2D eigenvalue weighted by Gasteiger charge is -2.49. The van der Waals surface area contributed by atoms with Crippen molar-refractivity contribution in [3.05, 3.63) is 0 Å². The average Bonchev–Trinajstić information content (AvgIpc) is 0.766. The van der Waals surface area contributed by atoms with Gasteiger partial charge in [-0.1, -0.05) is 13.1 Å². The van der Waals surface area contributed by atoms with Gasteiger partial charge in [-0.05, 0) is 450 Å². The van der Waals surface area contributed by atoms with Crippen LogP contribution in [0.4, 0.5) is 0 Å². The van der Waals surface area contributed by atoms with Crippen LogP contribution < -0.4 is 0 Å². The topological polar surface area (TPSA) is 342 Å². The molecule has 0 aromatic heterocycles. The van der Waals surface area contributed by atoms with E-state index < -0.39 is 308 Å². The fourth-order valence-corrected chi connectivity index (χ4v) is 207. The summed E-state index contributed by atoms with van der Waals surface area (Å²) in [6.07, 6.45) is 0.752. The molecule has 1 radical (unpaired) electrons. The predicted octanol–water partition coefficient (Wildman–Crippen LogP) is 25.8. The van der Waals surface area contributed by atoms with Crippen molar-refractivity contribution in [2.45, 2.75) is 469 Å². The first-order valence-electron chi connectivity index (χ1n) is 52.6. The first-order chi connectivity index (χ1) is 64.3. The first-order valence-corrected chi connectivity index (χ1v) is 153. The largest absolute Gasteiger partial charge is 0.500 e. The molecular weight excluding hydrogens is 2520 g/mol. The van der Waals surface area contributed by atoms with E-state index in [0.717, 1.165) is 18.3 Å². The molecule has 73 heteroatoms. The maximum Gasteiger partial charge on any atom is 0.500 e. The summed E-state index contributed by atoms with van der Waals surface area (Å²) < 4.78 is 255. The molecule has 1 aliphatic rings. The molecule has 1 heterocycles. The molecular formula is C76H223O37Si36. The molecule has 0 bridgehead atoms. The molecule has 1 aliphatic heterocycles.